The summed E-state index contributed by atoms with van der Waals surface area (Å²) in [5, 5.41) is 5.89. The van der Waals surface area contributed by atoms with Crippen LogP contribution in [0, 0.1) is 0 Å². The Balaban J connectivity index is 1.45. The highest BCUT2D eigenvalue weighted by Gasteiger charge is 2.52. The number of urea groups is 1. The van der Waals surface area contributed by atoms with E-state index in [2.05, 4.69) is 22.8 Å². The fourth-order valence-electron chi connectivity index (χ4n) is 4.87. The van der Waals surface area contributed by atoms with Gasteiger partial charge >= 0.3 is 6.03 Å². The third-order valence-corrected chi connectivity index (χ3v) is 6.97. The first-order chi connectivity index (χ1) is 15.5. The summed E-state index contributed by atoms with van der Waals surface area (Å²) in [6, 6.07) is 19.0. The number of carbonyl (C=O) groups excluding carboxylic acids is 3. The molecule has 1 aliphatic carbocycles. The lowest BCUT2D eigenvalue weighted by atomic mass is 9.64. The molecule has 4 amide bonds. The number of rotatable bonds is 9. The molecule has 6 nitrogen and oxygen atoms in total. The van der Waals surface area contributed by atoms with E-state index in [0.29, 0.717) is 13.0 Å². The van der Waals surface area contributed by atoms with Crippen molar-refractivity contribution in [2.75, 3.05) is 13.1 Å². The Labute approximate surface area is 189 Å². The molecular weight excluding hydrogens is 402 g/mol. The van der Waals surface area contributed by atoms with Gasteiger partial charge in [-0.1, -0.05) is 86.8 Å². The fourth-order valence-corrected chi connectivity index (χ4v) is 4.87. The maximum atomic E-state index is 13.4. The monoisotopic (exact) mass is 433 g/mol. The molecule has 0 bridgehead atoms. The van der Waals surface area contributed by atoms with Crippen molar-refractivity contribution in [2.24, 2.45) is 0 Å². The number of hydrogen-bond acceptors (Lipinski definition) is 3. The summed E-state index contributed by atoms with van der Waals surface area (Å²) in [6.45, 7) is 2.30. The highest BCUT2D eigenvalue weighted by Crippen LogP contribution is 2.43. The van der Waals surface area contributed by atoms with Gasteiger partial charge in [0.1, 0.15) is 12.1 Å². The number of carbonyl (C=O) groups is 3. The molecule has 1 aliphatic heterocycles. The molecule has 4 rings (SSSR count). The van der Waals surface area contributed by atoms with Crippen molar-refractivity contribution in [3.8, 4) is 0 Å². The molecule has 0 spiro atoms. The minimum Gasteiger partial charge on any atom is -0.354 e. The molecular formula is C26H31N3O3. The molecule has 0 radical (unpaired) electrons. The summed E-state index contributed by atoms with van der Waals surface area (Å²) < 4.78 is 0. The summed E-state index contributed by atoms with van der Waals surface area (Å²) in [4.78, 5) is 40.1. The topological polar surface area (TPSA) is 78.5 Å². The number of unbranched alkanes of at least 4 members (excludes halogenated alkanes) is 1. The van der Waals surface area contributed by atoms with Crippen LogP contribution in [-0.2, 0) is 20.5 Å². The second-order valence-electron chi connectivity index (χ2n) is 8.97. The van der Waals surface area contributed by atoms with Crippen LogP contribution in [0.3, 0.4) is 0 Å². The minimum atomic E-state index is -1.10. The van der Waals surface area contributed by atoms with Crippen molar-refractivity contribution in [2.45, 2.75) is 56.4 Å². The van der Waals surface area contributed by atoms with E-state index >= 15 is 0 Å². The predicted molar refractivity (Wildman–Crippen MR) is 123 cm³/mol. The molecule has 2 aromatic carbocycles. The molecule has 168 valence electrons. The van der Waals surface area contributed by atoms with Gasteiger partial charge in [-0.2, -0.15) is 0 Å². The van der Waals surface area contributed by atoms with Crippen LogP contribution >= 0.6 is 0 Å². The average Bonchev–Trinajstić information content (AvgIpc) is 3.03. The zero-order chi connectivity index (χ0) is 22.6. The molecule has 1 unspecified atom stereocenters. The first-order valence-corrected chi connectivity index (χ1v) is 11.5. The zero-order valence-electron chi connectivity index (χ0n) is 18.6. The molecule has 2 N–H and O–H groups in total. The van der Waals surface area contributed by atoms with Crippen LogP contribution in [0.5, 0.6) is 0 Å². The molecule has 1 saturated carbocycles. The Kier molecular flexibility index (Phi) is 6.31. The molecule has 1 heterocycles. The van der Waals surface area contributed by atoms with Gasteiger partial charge in [-0.05, 0) is 30.4 Å². The van der Waals surface area contributed by atoms with Crippen molar-refractivity contribution in [3.05, 3.63) is 71.8 Å². The van der Waals surface area contributed by atoms with E-state index in [1.807, 2.05) is 55.5 Å². The maximum absolute atomic E-state index is 13.4. The molecule has 2 fully saturated rings. The van der Waals surface area contributed by atoms with Gasteiger partial charge in [0.2, 0.25) is 5.91 Å². The van der Waals surface area contributed by atoms with Crippen LogP contribution < -0.4 is 10.6 Å². The number of amides is 4. The van der Waals surface area contributed by atoms with Gasteiger partial charge in [-0.3, -0.25) is 14.5 Å². The van der Waals surface area contributed by atoms with E-state index in [9.17, 15) is 14.4 Å². The number of nitrogens with zero attached hydrogens (tertiary/aromatic N) is 1. The Bertz CT molecular complexity index is 972. The second kappa shape index (κ2) is 9.15. The van der Waals surface area contributed by atoms with Crippen LogP contribution in [0.15, 0.2) is 60.7 Å². The SMILES string of the molecule is CCCCC1(c2ccccc2)NC(=O)N(CC(=O)NCC2(c3ccccc3)CCC2)C1=O. The Morgan fingerprint density at radius 3 is 2.19 bits per heavy atom. The van der Waals surface area contributed by atoms with Crippen LogP contribution in [0.25, 0.3) is 0 Å². The number of benzene rings is 2. The summed E-state index contributed by atoms with van der Waals surface area (Å²) in [7, 11) is 0. The number of nitrogens with one attached hydrogen (secondary N) is 2. The lowest BCUT2D eigenvalue weighted by molar-refractivity contribution is -0.135. The lowest BCUT2D eigenvalue weighted by Crippen LogP contribution is -2.49. The minimum absolute atomic E-state index is 0.0525. The summed E-state index contributed by atoms with van der Waals surface area (Å²) in [5.41, 5.74) is 0.827. The van der Waals surface area contributed by atoms with Gasteiger partial charge < -0.3 is 10.6 Å². The molecule has 1 saturated heterocycles. The molecule has 0 aromatic heterocycles. The molecule has 6 heteroatoms. The third kappa shape index (κ3) is 4.01. The van der Waals surface area contributed by atoms with Gasteiger partial charge in [-0.25, -0.2) is 4.79 Å². The van der Waals surface area contributed by atoms with Gasteiger partial charge in [-0.15, -0.1) is 0 Å². The van der Waals surface area contributed by atoms with E-state index in [4.69, 9.17) is 0 Å². The first-order valence-electron chi connectivity index (χ1n) is 11.5. The van der Waals surface area contributed by atoms with Gasteiger partial charge in [0.05, 0.1) is 0 Å². The van der Waals surface area contributed by atoms with E-state index in [0.717, 1.165) is 42.6 Å². The van der Waals surface area contributed by atoms with Crippen LogP contribution in [0.1, 0.15) is 56.6 Å². The number of hydrogen-bond donors (Lipinski definition) is 2. The van der Waals surface area contributed by atoms with Crippen LogP contribution in [-0.4, -0.2) is 35.8 Å². The van der Waals surface area contributed by atoms with Crippen molar-refractivity contribution in [1.82, 2.24) is 15.5 Å². The fraction of sp³-hybridized carbons (Fsp3) is 0.423. The van der Waals surface area contributed by atoms with Crippen molar-refractivity contribution < 1.29 is 14.4 Å². The largest absolute Gasteiger partial charge is 0.354 e. The van der Waals surface area contributed by atoms with Crippen LogP contribution in [0.4, 0.5) is 4.79 Å². The standard InChI is InChI=1S/C26H31N3O3/c1-2-3-17-26(21-13-8-5-9-14-21)23(31)29(24(32)28-26)18-22(30)27-19-25(15-10-16-25)20-11-6-4-7-12-20/h4-9,11-14H,2-3,10,15-19H2,1H3,(H,27,30)(H,28,32). The second-order valence-corrected chi connectivity index (χ2v) is 8.97. The Hall–Kier alpha value is -3.15. The van der Waals surface area contributed by atoms with E-state index in [-0.39, 0.29) is 23.8 Å². The highest BCUT2D eigenvalue weighted by atomic mass is 16.2. The number of imide groups is 1. The summed E-state index contributed by atoms with van der Waals surface area (Å²) in [5.74, 6) is -0.659. The average molecular weight is 434 g/mol. The first kappa shape index (κ1) is 22.1. The van der Waals surface area contributed by atoms with Gasteiger partial charge in [0.25, 0.3) is 5.91 Å². The van der Waals surface area contributed by atoms with E-state index < -0.39 is 11.6 Å². The molecule has 2 aliphatic rings. The predicted octanol–water partition coefficient (Wildman–Crippen LogP) is 3.86. The molecule has 32 heavy (non-hydrogen) atoms. The van der Waals surface area contributed by atoms with Gasteiger partial charge in [0, 0.05) is 12.0 Å². The maximum Gasteiger partial charge on any atom is 0.325 e. The van der Waals surface area contributed by atoms with E-state index in [1.165, 1.54) is 5.56 Å². The smallest absolute Gasteiger partial charge is 0.325 e. The van der Waals surface area contributed by atoms with Crippen molar-refractivity contribution in [3.63, 3.8) is 0 Å². The summed E-state index contributed by atoms with van der Waals surface area (Å²) >= 11 is 0. The normalized spacial score (nSPS) is 21.7. The molecule has 2 aromatic rings. The summed E-state index contributed by atoms with van der Waals surface area (Å²) in [6.07, 6.45) is 5.38. The van der Waals surface area contributed by atoms with Gasteiger partial charge in [0.15, 0.2) is 0 Å². The zero-order valence-corrected chi connectivity index (χ0v) is 18.6. The van der Waals surface area contributed by atoms with Crippen molar-refractivity contribution >= 4 is 17.8 Å². The highest BCUT2D eigenvalue weighted by molar-refractivity contribution is 6.09. The lowest BCUT2D eigenvalue weighted by Gasteiger charge is -2.42. The van der Waals surface area contributed by atoms with E-state index in [1.54, 1.807) is 0 Å². The third-order valence-electron chi connectivity index (χ3n) is 6.97. The Morgan fingerprint density at radius 1 is 1.00 bits per heavy atom. The molecule has 1 atom stereocenters. The Morgan fingerprint density at radius 2 is 1.62 bits per heavy atom. The van der Waals surface area contributed by atoms with Crippen LogP contribution in [0.2, 0.25) is 0 Å². The quantitative estimate of drug-likeness (QED) is 0.590. The van der Waals surface area contributed by atoms with Crippen molar-refractivity contribution in [1.29, 1.82) is 0 Å².